The number of hydrogen-bond donors (Lipinski definition) is 0. The van der Waals surface area contributed by atoms with Crippen LogP contribution in [0.4, 0.5) is 22.0 Å². The highest BCUT2D eigenvalue weighted by Crippen LogP contribution is 2.36. The van der Waals surface area contributed by atoms with Crippen LogP contribution >= 0.6 is 0 Å². The maximum atomic E-state index is 12.5. The summed E-state index contributed by atoms with van der Waals surface area (Å²) in [6.45, 7) is 5.49. The van der Waals surface area contributed by atoms with Gasteiger partial charge in [-0.2, -0.15) is 22.0 Å². The molecular formula is C16H25F5O3. The highest BCUT2D eigenvalue weighted by atomic mass is 19.4. The monoisotopic (exact) mass is 360 g/mol. The third-order valence-electron chi connectivity index (χ3n) is 3.51. The molecule has 142 valence electrons. The first-order valence-electron chi connectivity index (χ1n) is 8.12. The minimum Gasteiger partial charge on any atom is -0.291 e. The molecule has 0 aromatic heterocycles. The van der Waals surface area contributed by atoms with E-state index in [-0.39, 0.29) is 6.42 Å². The summed E-state index contributed by atoms with van der Waals surface area (Å²) in [4.78, 5) is 18.1. The van der Waals surface area contributed by atoms with Crippen LogP contribution in [0, 0.1) is 5.92 Å². The van der Waals surface area contributed by atoms with E-state index in [1.54, 1.807) is 0 Å². The Balaban J connectivity index is 4.00. The summed E-state index contributed by atoms with van der Waals surface area (Å²) in [5.74, 6) is -2.29. The summed E-state index contributed by atoms with van der Waals surface area (Å²) in [6.07, 6.45) is -1.87. The molecule has 0 spiro atoms. The van der Waals surface area contributed by atoms with Gasteiger partial charge in [-0.15, -0.1) is 6.58 Å². The molecule has 0 aliphatic carbocycles. The molecule has 0 rings (SSSR count). The Morgan fingerprint density at radius 2 is 1.50 bits per heavy atom. The Kier molecular flexibility index (Phi) is 10.8. The average Bonchev–Trinajstić information content (AvgIpc) is 2.50. The zero-order chi connectivity index (χ0) is 18.6. The Bertz CT molecular complexity index is 369. The first kappa shape index (κ1) is 22.8. The van der Waals surface area contributed by atoms with Crippen molar-refractivity contribution in [3.63, 3.8) is 0 Å². The third kappa shape index (κ3) is 9.20. The van der Waals surface area contributed by atoms with Crippen molar-refractivity contribution in [1.29, 1.82) is 0 Å². The summed E-state index contributed by atoms with van der Waals surface area (Å²) >= 11 is 0. The van der Waals surface area contributed by atoms with Crippen molar-refractivity contribution < 1.29 is 36.5 Å². The van der Waals surface area contributed by atoms with Gasteiger partial charge in [0.25, 0.3) is 0 Å². The van der Waals surface area contributed by atoms with Gasteiger partial charge in [0.2, 0.25) is 0 Å². The van der Waals surface area contributed by atoms with Gasteiger partial charge in [-0.3, -0.25) is 4.89 Å². The van der Waals surface area contributed by atoms with Gasteiger partial charge in [-0.1, -0.05) is 69.3 Å². The maximum absolute atomic E-state index is 12.5. The van der Waals surface area contributed by atoms with Crippen LogP contribution in [0.25, 0.3) is 0 Å². The highest BCUT2D eigenvalue weighted by Gasteiger charge is 2.62. The first-order valence-corrected chi connectivity index (χ1v) is 8.12. The third-order valence-corrected chi connectivity index (χ3v) is 3.51. The number of carbonyl (C=O) groups is 1. The van der Waals surface area contributed by atoms with Crippen LogP contribution in [-0.4, -0.2) is 18.3 Å². The zero-order valence-corrected chi connectivity index (χ0v) is 13.8. The van der Waals surface area contributed by atoms with Gasteiger partial charge in [-0.05, 0) is 6.42 Å². The van der Waals surface area contributed by atoms with Crippen molar-refractivity contribution in [2.45, 2.75) is 77.0 Å². The van der Waals surface area contributed by atoms with E-state index in [0.717, 1.165) is 31.8 Å². The summed E-state index contributed by atoms with van der Waals surface area (Å²) in [6, 6.07) is 0. The van der Waals surface area contributed by atoms with Crippen molar-refractivity contribution in [2.24, 2.45) is 5.92 Å². The van der Waals surface area contributed by atoms with Crippen LogP contribution in [0.1, 0.15) is 64.7 Å². The molecule has 0 heterocycles. The molecule has 0 bridgehead atoms. The van der Waals surface area contributed by atoms with E-state index in [4.69, 9.17) is 0 Å². The van der Waals surface area contributed by atoms with Gasteiger partial charge in [0.1, 0.15) is 0 Å². The normalized spacial score (nSPS) is 13.6. The molecule has 1 unspecified atom stereocenters. The van der Waals surface area contributed by atoms with Crippen LogP contribution < -0.4 is 0 Å². The van der Waals surface area contributed by atoms with Crippen molar-refractivity contribution in [3.8, 4) is 0 Å². The second-order valence-electron chi connectivity index (χ2n) is 5.61. The summed E-state index contributed by atoms with van der Waals surface area (Å²) < 4.78 is 60.6. The lowest BCUT2D eigenvalue weighted by Crippen LogP contribution is -2.40. The molecule has 1 atom stereocenters. The SMILES string of the molecule is C=CC(CCCCCCCCCC)C(=O)OOC(F)(F)C(F)(F)F. The molecule has 0 aliphatic rings. The Hall–Kier alpha value is -1.18. The van der Waals surface area contributed by atoms with Gasteiger partial charge < -0.3 is 0 Å². The topological polar surface area (TPSA) is 35.5 Å². The predicted molar refractivity (Wildman–Crippen MR) is 79.1 cm³/mol. The van der Waals surface area contributed by atoms with E-state index in [0.29, 0.717) is 6.42 Å². The second-order valence-corrected chi connectivity index (χ2v) is 5.61. The Morgan fingerprint density at radius 1 is 1.00 bits per heavy atom. The maximum Gasteiger partial charge on any atom is 0.488 e. The largest absolute Gasteiger partial charge is 0.488 e. The fraction of sp³-hybridized carbons (Fsp3) is 0.812. The fourth-order valence-electron chi connectivity index (χ4n) is 2.03. The standard InChI is InChI=1S/C16H25F5O3/c1-3-5-6-7-8-9-10-11-12-13(4-2)14(22)23-24-16(20,21)15(17,18)19/h4,13H,2-3,5-12H2,1H3. The number of hydrogen-bond acceptors (Lipinski definition) is 3. The number of carbonyl (C=O) groups excluding carboxylic acids is 1. The minimum absolute atomic E-state index is 0.262. The summed E-state index contributed by atoms with van der Waals surface area (Å²) in [5.41, 5.74) is 0. The van der Waals surface area contributed by atoms with Crippen LogP contribution in [0.3, 0.4) is 0 Å². The molecule has 0 saturated heterocycles. The zero-order valence-electron chi connectivity index (χ0n) is 13.8. The Labute approximate surface area is 139 Å². The summed E-state index contributed by atoms with van der Waals surface area (Å²) in [7, 11) is 0. The second kappa shape index (κ2) is 11.4. The predicted octanol–water partition coefficient (Wildman–Crippen LogP) is 5.95. The van der Waals surface area contributed by atoms with Crippen molar-refractivity contribution >= 4 is 5.97 Å². The van der Waals surface area contributed by atoms with E-state index in [9.17, 15) is 26.7 Å². The molecule has 0 saturated carbocycles. The van der Waals surface area contributed by atoms with Crippen molar-refractivity contribution in [1.82, 2.24) is 0 Å². The molecule has 0 fully saturated rings. The lowest BCUT2D eigenvalue weighted by atomic mass is 10.0. The molecule has 0 radical (unpaired) electrons. The number of rotatable bonds is 13. The van der Waals surface area contributed by atoms with E-state index in [1.165, 1.54) is 19.3 Å². The lowest BCUT2D eigenvalue weighted by molar-refractivity contribution is -0.487. The fourth-order valence-corrected chi connectivity index (χ4v) is 2.03. The molecule has 24 heavy (non-hydrogen) atoms. The molecule has 0 aromatic carbocycles. The number of alkyl halides is 5. The lowest BCUT2D eigenvalue weighted by Gasteiger charge is -2.18. The van der Waals surface area contributed by atoms with Gasteiger partial charge in [0.15, 0.2) is 0 Å². The van der Waals surface area contributed by atoms with Gasteiger partial charge >= 0.3 is 18.3 Å². The van der Waals surface area contributed by atoms with Crippen LogP contribution in [0.15, 0.2) is 12.7 Å². The number of halogens is 5. The molecule has 3 nitrogen and oxygen atoms in total. The number of unbranched alkanes of at least 4 members (excludes halogenated alkanes) is 7. The molecule has 0 amide bonds. The molecule has 8 heteroatoms. The molecule has 0 aromatic rings. The molecule has 0 N–H and O–H groups in total. The Morgan fingerprint density at radius 3 is 1.96 bits per heavy atom. The first-order chi connectivity index (χ1) is 11.2. The van der Waals surface area contributed by atoms with Crippen LogP contribution in [-0.2, 0) is 14.6 Å². The van der Waals surface area contributed by atoms with E-state index < -0.39 is 24.2 Å². The van der Waals surface area contributed by atoms with Gasteiger partial charge in [0.05, 0.1) is 5.92 Å². The summed E-state index contributed by atoms with van der Waals surface area (Å²) in [5, 5.41) is 0. The van der Waals surface area contributed by atoms with Gasteiger partial charge in [0, 0.05) is 0 Å². The van der Waals surface area contributed by atoms with Gasteiger partial charge in [-0.25, -0.2) is 4.79 Å². The van der Waals surface area contributed by atoms with Crippen LogP contribution in [0.5, 0.6) is 0 Å². The smallest absolute Gasteiger partial charge is 0.291 e. The van der Waals surface area contributed by atoms with E-state index in [1.807, 2.05) is 0 Å². The van der Waals surface area contributed by atoms with Crippen LogP contribution in [0.2, 0.25) is 0 Å². The molecular weight excluding hydrogens is 335 g/mol. The minimum atomic E-state index is -5.95. The highest BCUT2D eigenvalue weighted by molar-refractivity contribution is 5.73. The average molecular weight is 360 g/mol. The van der Waals surface area contributed by atoms with Crippen molar-refractivity contribution in [2.75, 3.05) is 0 Å². The quantitative estimate of drug-likeness (QED) is 0.134. The van der Waals surface area contributed by atoms with E-state index >= 15 is 0 Å². The molecule has 0 aliphatic heterocycles. The van der Waals surface area contributed by atoms with Crippen molar-refractivity contribution in [3.05, 3.63) is 12.7 Å². The van der Waals surface area contributed by atoms with E-state index in [2.05, 4.69) is 23.3 Å².